The van der Waals surface area contributed by atoms with Crippen LogP contribution in [0.25, 0.3) is 0 Å². The molecule has 0 aromatic heterocycles. The number of hydrogen-bond donors (Lipinski definition) is 2. The van der Waals surface area contributed by atoms with E-state index in [2.05, 4.69) is 28.1 Å². The van der Waals surface area contributed by atoms with Crippen LogP contribution in [0.15, 0.2) is 48.5 Å². The first-order chi connectivity index (χ1) is 22.2. The fourth-order valence-electron chi connectivity index (χ4n) is 8.17. The third-order valence-electron chi connectivity index (χ3n) is 10.9. The summed E-state index contributed by atoms with van der Waals surface area (Å²) in [6.45, 7) is 8.86. The highest BCUT2D eigenvalue weighted by Gasteiger charge is 2.52. The van der Waals surface area contributed by atoms with E-state index in [4.69, 9.17) is 10.5 Å². The Morgan fingerprint density at radius 3 is 2.48 bits per heavy atom. The van der Waals surface area contributed by atoms with Crippen LogP contribution >= 0.6 is 0 Å². The van der Waals surface area contributed by atoms with E-state index in [0.29, 0.717) is 32.0 Å². The lowest BCUT2D eigenvalue weighted by molar-refractivity contribution is -0.128. The highest BCUT2D eigenvalue weighted by molar-refractivity contribution is 5.91. The number of carbonyl (C=O) groups excluding carboxylic acids is 3. The summed E-state index contributed by atoms with van der Waals surface area (Å²) in [6.07, 6.45) is 6.46. The molecule has 6 rings (SSSR count). The van der Waals surface area contributed by atoms with Crippen molar-refractivity contribution in [1.82, 2.24) is 19.6 Å². The van der Waals surface area contributed by atoms with Gasteiger partial charge in [0.2, 0.25) is 0 Å². The lowest BCUT2D eigenvalue weighted by Crippen LogP contribution is -2.70. The van der Waals surface area contributed by atoms with E-state index in [-0.39, 0.29) is 30.6 Å². The van der Waals surface area contributed by atoms with Crippen LogP contribution in [0.1, 0.15) is 68.6 Å². The smallest absolute Gasteiger partial charge is 0.411 e. The Morgan fingerprint density at radius 1 is 1.00 bits per heavy atom. The van der Waals surface area contributed by atoms with Crippen LogP contribution in [-0.4, -0.2) is 101 Å². The van der Waals surface area contributed by atoms with Crippen molar-refractivity contribution < 1.29 is 19.1 Å². The Labute approximate surface area is 273 Å². The standard InChI is InChI=1S/C36H50N6O4/c1-27-6-5-7-28(24-27)26-46-34(45)42-20-13-31(41-19-10-29-8-3-4-9-32(29)38-33(41)44)25-36(42,16-23-43)40-17-11-30(12-18-40)39-21-14-35(2,37)15-22-39/h3-9,23-24,30-31H,10-22,25-26,37H2,1-2H3,(H,38,44)/t31-,36+/m1/s1. The van der Waals surface area contributed by atoms with E-state index in [1.165, 1.54) is 0 Å². The number of anilines is 1. The van der Waals surface area contributed by atoms with Crippen LogP contribution in [0.5, 0.6) is 0 Å². The molecule has 0 bridgehead atoms. The van der Waals surface area contributed by atoms with Crippen molar-refractivity contribution in [2.75, 3.05) is 44.6 Å². The Balaban J connectivity index is 1.23. The first kappa shape index (κ1) is 32.5. The maximum Gasteiger partial charge on any atom is 0.411 e. The molecule has 4 aliphatic rings. The SMILES string of the molecule is Cc1cccc(COC(=O)N2CC[C@@H](N3CCc4ccccc4NC3=O)C[C@@]2(CC=O)N2CCC(N3CCC(C)(N)CC3)CC2)c1. The van der Waals surface area contributed by atoms with Gasteiger partial charge in [0.05, 0.1) is 0 Å². The molecule has 3 saturated heterocycles. The molecule has 2 aromatic carbocycles. The molecule has 10 nitrogen and oxygen atoms in total. The number of carbonyl (C=O) groups is 3. The number of amides is 3. The summed E-state index contributed by atoms with van der Waals surface area (Å²) in [5.74, 6) is 0. The van der Waals surface area contributed by atoms with Crippen molar-refractivity contribution in [2.24, 2.45) is 5.73 Å². The number of para-hydroxylation sites is 1. The molecule has 248 valence electrons. The quantitative estimate of drug-likeness (QED) is 0.425. The summed E-state index contributed by atoms with van der Waals surface area (Å²) in [5.41, 5.74) is 9.45. The van der Waals surface area contributed by atoms with Crippen molar-refractivity contribution in [3.05, 3.63) is 65.2 Å². The minimum atomic E-state index is -0.878. The van der Waals surface area contributed by atoms with Crippen LogP contribution in [0, 0.1) is 6.92 Å². The van der Waals surface area contributed by atoms with Gasteiger partial charge in [-0.3, -0.25) is 9.80 Å². The van der Waals surface area contributed by atoms with Gasteiger partial charge in [0.1, 0.15) is 18.6 Å². The molecular weight excluding hydrogens is 580 g/mol. The van der Waals surface area contributed by atoms with Crippen molar-refractivity contribution >= 4 is 24.1 Å². The molecule has 0 spiro atoms. The van der Waals surface area contributed by atoms with Crippen molar-refractivity contribution in [3.8, 4) is 0 Å². The fourth-order valence-corrected chi connectivity index (χ4v) is 8.17. The molecule has 3 N–H and O–H groups in total. The number of nitrogens with zero attached hydrogens (tertiary/aromatic N) is 4. The van der Waals surface area contributed by atoms with Gasteiger partial charge in [0.25, 0.3) is 0 Å². The Morgan fingerprint density at radius 2 is 1.74 bits per heavy atom. The van der Waals surface area contributed by atoms with Crippen molar-refractivity contribution in [3.63, 3.8) is 0 Å². The Hall–Kier alpha value is -3.47. The number of hydrogen-bond acceptors (Lipinski definition) is 7. The maximum absolute atomic E-state index is 14.0. The molecule has 4 heterocycles. The second kappa shape index (κ2) is 13.7. The number of piperidine rings is 3. The van der Waals surface area contributed by atoms with Crippen molar-refractivity contribution in [2.45, 2.75) is 95.1 Å². The molecule has 0 unspecified atom stereocenters. The third-order valence-corrected chi connectivity index (χ3v) is 10.9. The molecule has 2 atom stereocenters. The van der Waals surface area contributed by atoms with Crippen LogP contribution in [0.3, 0.4) is 0 Å². The number of nitrogens with two attached hydrogens (primary N) is 1. The molecular formula is C36H50N6O4. The average molecular weight is 631 g/mol. The van der Waals surface area contributed by atoms with Crippen molar-refractivity contribution in [1.29, 1.82) is 0 Å². The lowest BCUT2D eigenvalue weighted by atomic mass is 9.84. The number of likely N-dealkylation sites (tertiary alicyclic amines) is 3. The minimum Gasteiger partial charge on any atom is -0.445 e. The van der Waals surface area contributed by atoms with E-state index >= 15 is 0 Å². The zero-order chi connectivity index (χ0) is 32.3. The van der Waals surface area contributed by atoms with Gasteiger partial charge in [0, 0.05) is 75.4 Å². The normalized spacial score (nSPS) is 26.2. The van der Waals surface area contributed by atoms with Gasteiger partial charge in [0.15, 0.2) is 0 Å². The van der Waals surface area contributed by atoms with E-state index in [1.807, 2.05) is 54.3 Å². The second-order valence-electron chi connectivity index (χ2n) is 14.1. The summed E-state index contributed by atoms with van der Waals surface area (Å²) in [6, 6.07) is 16.1. The zero-order valence-electron chi connectivity index (χ0n) is 27.5. The summed E-state index contributed by atoms with van der Waals surface area (Å²) in [4.78, 5) is 48.7. The van der Waals surface area contributed by atoms with Gasteiger partial charge in [-0.25, -0.2) is 9.59 Å². The Bertz CT molecular complexity index is 1400. The topological polar surface area (TPSA) is 111 Å². The number of aryl methyl sites for hydroxylation is 1. The summed E-state index contributed by atoms with van der Waals surface area (Å²) in [5, 5.41) is 3.12. The van der Waals surface area contributed by atoms with E-state index in [0.717, 1.165) is 86.9 Å². The number of nitrogens with one attached hydrogen (secondary N) is 1. The van der Waals surface area contributed by atoms with Gasteiger partial charge in [-0.2, -0.15) is 0 Å². The van der Waals surface area contributed by atoms with Crippen LogP contribution in [0.4, 0.5) is 15.3 Å². The maximum atomic E-state index is 14.0. The molecule has 3 amide bonds. The molecule has 0 radical (unpaired) electrons. The predicted molar refractivity (Wildman–Crippen MR) is 178 cm³/mol. The number of urea groups is 1. The highest BCUT2D eigenvalue weighted by atomic mass is 16.6. The molecule has 0 aliphatic carbocycles. The first-order valence-electron chi connectivity index (χ1n) is 17.0. The average Bonchev–Trinajstić information content (AvgIpc) is 3.22. The van der Waals surface area contributed by atoms with E-state index in [1.54, 1.807) is 4.90 Å². The Kier molecular flexibility index (Phi) is 9.68. The molecule has 3 fully saturated rings. The molecule has 0 saturated carbocycles. The molecule has 46 heavy (non-hydrogen) atoms. The van der Waals surface area contributed by atoms with Crippen LogP contribution < -0.4 is 11.1 Å². The van der Waals surface area contributed by atoms with Crippen LogP contribution in [0.2, 0.25) is 0 Å². The summed E-state index contributed by atoms with van der Waals surface area (Å²) >= 11 is 0. The number of ether oxygens (including phenoxy) is 1. The van der Waals surface area contributed by atoms with Gasteiger partial charge in [-0.05, 0) is 69.6 Å². The number of benzene rings is 2. The first-order valence-corrected chi connectivity index (χ1v) is 17.0. The minimum absolute atomic E-state index is 0.0946. The highest BCUT2D eigenvalue weighted by Crippen LogP contribution is 2.40. The second-order valence-corrected chi connectivity index (χ2v) is 14.1. The lowest BCUT2D eigenvalue weighted by Gasteiger charge is -2.57. The summed E-state index contributed by atoms with van der Waals surface area (Å²) in [7, 11) is 0. The number of aldehydes is 1. The summed E-state index contributed by atoms with van der Waals surface area (Å²) < 4.78 is 5.95. The molecule has 2 aromatic rings. The van der Waals surface area contributed by atoms with Gasteiger partial charge in [-0.1, -0.05) is 48.0 Å². The number of rotatable bonds is 7. The third kappa shape index (κ3) is 6.94. The van der Waals surface area contributed by atoms with E-state index < -0.39 is 11.8 Å². The molecule has 10 heteroatoms. The predicted octanol–water partition coefficient (Wildman–Crippen LogP) is 4.75. The monoisotopic (exact) mass is 630 g/mol. The van der Waals surface area contributed by atoms with Gasteiger partial charge < -0.3 is 30.4 Å². The van der Waals surface area contributed by atoms with Gasteiger partial charge >= 0.3 is 12.1 Å². The van der Waals surface area contributed by atoms with E-state index in [9.17, 15) is 14.4 Å². The molecule has 4 aliphatic heterocycles. The van der Waals surface area contributed by atoms with Crippen LogP contribution in [-0.2, 0) is 22.6 Å². The largest absolute Gasteiger partial charge is 0.445 e. The van der Waals surface area contributed by atoms with Gasteiger partial charge in [-0.15, -0.1) is 0 Å². The zero-order valence-corrected chi connectivity index (χ0v) is 27.5. The number of fused-ring (bicyclic) bond motifs is 1. The fraction of sp³-hybridized carbons (Fsp3) is 0.583.